The van der Waals surface area contributed by atoms with Crippen LogP contribution in [0.3, 0.4) is 0 Å². The van der Waals surface area contributed by atoms with Crippen LogP contribution < -0.4 is 9.64 Å². The molecule has 0 bridgehead atoms. The fraction of sp³-hybridized carbons (Fsp3) is 0.611. The van der Waals surface area contributed by atoms with Gasteiger partial charge in [-0.25, -0.2) is 14.6 Å². The Bertz CT molecular complexity index is 1450. The van der Waals surface area contributed by atoms with Gasteiger partial charge in [0.2, 0.25) is 5.69 Å². The average molecular weight is 651 g/mol. The van der Waals surface area contributed by atoms with E-state index in [1.54, 1.807) is 24.4 Å². The number of ketones is 1. The topological polar surface area (TPSA) is 85.6 Å². The molecule has 1 aromatic carbocycles. The molecule has 3 fully saturated rings. The van der Waals surface area contributed by atoms with Crippen LogP contribution in [0.25, 0.3) is 4.85 Å². The number of aromatic nitrogens is 1. The van der Waals surface area contributed by atoms with Crippen molar-refractivity contribution in [1.82, 2.24) is 9.88 Å². The molecule has 2 aliphatic carbocycles. The highest BCUT2D eigenvalue weighted by Gasteiger charge is 2.63. The van der Waals surface area contributed by atoms with Crippen molar-refractivity contribution in [3.05, 3.63) is 58.5 Å². The van der Waals surface area contributed by atoms with Gasteiger partial charge in [0.25, 0.3) is 0 Å². The molecule has 248 valence electrons. The van der Waals surface area contributed by atoms with Gasteiger partial charge in [0.1, 0.15) is 29.9 Å². The quantitative estimate of drug-likeness (QED) is 0.154. The summed E-state index contributed by atoms with van der Waals surface area (Å²) in [7, 11) is 0. The minimum Gasteiger partial charge on any atom is -0.489 e. The maximum atomic E-state index is 13.4. The first-order valence-corrected chi connectivity index (χ1v) is 16.6. The second-order valence-electron chi connectivity index (χ2n) is 15.1. The highest BCUT2D eigenvalue weighted by molar-refractivity contribution is 6.33. The van der Waals surface area contributed by atoms with Crippen molar-refractivity contribution in [1.29, 1.82) is 0 Å². The van der Waals surface area contributed by atoms with Crippen molar-refractivity contribution in [3.63, 3.8) is 0 Å². The number of benzene rings is 1. The molecule has 0 amide bonds. The van der Waals surface area contributed by atoms with E-state index in [0.717, 1.165) is 44.8 Å². The zero-order valence-corrected chi connectivity index (χ0v) is 28.9. The normalized spacial score (nSPS) is 25.5. The third-order valence-electron chi connectivity index (χ3n) is 9.98. The summed E-state index contributed by atoms with van der Waals surface area (Å²) >= 11 is 6.24. The SMILES string of the molecule is [C-]#[N+]c1ccc(OC2C(C)(C)C(CC(=O)c3ccc(N4CCN(C5CC(OCC(=O)OC(C)(C)C)C5)CC4)nc3)C2(C)C)cc1Cl. The molecule has 0 atom stereocenters. The van der Waals surface area contributed by atoms with Gasteiger partial charge >= 0.3 is 5.97 Å². The number of carbonyl (C=O) groups is 2. The van der Waals surface area contributed by atoms with Crippen LogP contribution in [0.4, 0.5) is 11.5 Å². The number of rotatable bonds is 10. The van der Waals surface area contributed by atoms with Crippen molar-refractivity contribution in [2.24, 2.45) is 16.7 Å². The fourth-order valence-corrected chi connectivity index (χ4v) is 7.90. The molecular formula is C36H47ClN4O5. The van der Waals surface area contributed by atoms with Crippen molar-refractivity contribution in [3.8, 4) is 5.75 Å². The molecule has 2 saturated carbocycles. The third-order valence-corrected chi connectivity index (χ3v) is 10.3. The number of carbonyl (C=O) groups excluding carboxylic acids is 2. The van der Waals surface area contributed by atoms with Crippen LogP contribution >= 0.6 is 11.6 Å². The van der Waals surface area contributed by atoms with Crippen molar-refractivity contribution < 1.29 is 23.8 Å². The number of halogens is 1. The Kier molecular flexibility index (Phi) is 9.75. The molecule has 9 nitrogen and oxygen atoms in total. The van der Waals surface area contributed by atoms with Crippen LogP contribution in [0.1, 0.15) is 78.1 Å². The molecule has 0 unspecified atom stereocenters. The van der Waals surface area contributed by atoms with E-state index >= 15 is 0 Å². The largest absolute Gasteiger partial charge is 0.489 e. The van der Waals surface area contributed by atoms with Crippen LogP contribution in [-0.4, -0.2) is 78.3 Å². The lowest BCUT2D eigenvalue weighted by Gasteiger charge is -2.63. The Morgan fingerprint density at radius 3 is 2.28 bits per heavy atom. The summed E-state index contributed by atoms with van der Waals surface area (Å²) in [4.78, 5) is 38.2. The van der Waals surface area contributed by atoms with E-state index in [4.69, 9.17) is 32.4 Å². The molecule has 0 spiro atoms. The van der Waals surface area contributed by atoms with Crippen LogP contribution in [0.15, 0.2) is 36.5 Å². The highest BCUT2D eigenvalue weighted by atomic mass is 35.5. The lowest BCUT2D eigenvalue weighted by atomic mass is 9.44. The van der Waals surface area contributed by atoms with Crippen molar-refractivity contribution >= 4 is 34.9 Å². The summed E-state index contributed by atoms with van der Waals surface area (Å²) in [6.45, 7) is 25.0. The van der Waals surface area contributed by atoms with Crippen molar-refractivity contribution in [2.75, 3.05) is 37.7 Å². The van der Waals surface area contributed by atoms with Gasteiger partial charge in [-0.2, -0.15) is 0 Å². The Hall–Kier alpha value is -3.19. The van der Waals surface area contributed by atoms with E-state index in [1.807, 2.05) is 32.9 Å². The number of anilines is 1. The number of ether oxygens (including phenoxy) is 3. The van der Waals surface area contributed by atoms with Crippen LogP contribution in [0, 0.1) is 23.3 Å². The number of nitrogens with zero attached hydrogens (tertiary/aromatic N) is 4. The van der Waals surface area contributed by atoms with Crippen LogP contribution in [0.2, 0.25) is 5.02 Å². The zero-order valence-electron chi connectivity index (χ0n) is 28.1. The third kappa shape index (κ3) is 7.35. The van der Waals surface area contributed by atoms with E-state index < -0.39 is 5.60 Å². The molecule has 1 saturated heterocycles. The van der Waals surface area contributed by atoms with Gasteiger partial charge in [-0.05, 0) is 63.8 Å². The van der Waals surface area contributed by atoms with Gasteiger partial charge in [0.15, 0.2) is 5.78 Å². The Morgan fingerprint density at radius 2 is 1.72 bits per heavy atom. The minimum atomic E-state index is -0.496. The van der Waals surface area contributed by atoms with Crippen LogP contribution in [0.5, 0.6) is 5.75 Å². The average Bonchev–Trinajstić information content (AvgIpc) is 2.97. The summed E-state index contributed by atoms with van der Waals surface area (Å²) in [6.07, 6.45) is 4.01. The lowest BCUT2D eigenvalue weighted by Crippen LogP contribution is -2.66. The molecular weight excluding hydrogens is 604 g/mol. The molecule has 0 radical (unpaired) electrons. The summed E-state index contributed by atoms with van der Waals surface area (Å²) in [5.74, 6) is 1.43. The monoisotopic (exact) mass is 650 g/mol. The van der Waals surface area contributed by atoms with Gasteiger partial charge in [0, 0.05) is 61.2 Å². The molecule has 0 N–H and O–H groups in total. The van der Waals surface area contributed by atoms with E-state index in [9.17, 15) is 9.59 Å². The number of pyridine rings is 1. The molecule has 46 heavy (non-hydrogen) atoms. The maximum Gasteiger partial charge on any atom is 0.332 e. The zero-order chi connectivity index (χ0) is 33.4. The summed E-state index contributed by atoms with van der Waals surface area (Å²) < 4.78 is 17.5. The summed E-state index contributed by atoms with van der Waals surface area (Å²) in [5.41, 5.74) is 0.0678. The fourth-order valence-electron chi connectivity index (χ4n) is 7.69. The maximum absolute atomic E-state index is 13.4. The molecule has 1 aromatic heterocycles. The van der Waals surface area contributed by atoms with Crippen molar-refractivity contribution in [2.45, 2.75) is 91.6 Å². The molecule has 2 aromatic rings. The van der Waals surface area contributed by atoms with Gasteiger partial charge in [-0.3, -0.25) is 9.69 Å². The number of hydrogen-bond acceptors (Lipinski definition) is 8. The molecule has 3 aliphatic rings. The number of esters is 1. The van der Waals surface area contributed by atoms with Gasteiger partial charge < -0.3 is 19.1 Å². The van der Waals surface area contributed by atoms with E-state index in [-0.39, 0.29) is 47.3 Å². The van der Waals surface area contributed by atoms with E-state index in [2.05, 4.69) is 47.3 Å². The minimum absolute atomic E-state index is 0.00799. The van der Waals surface area contributed by atoms with Gasteiger partial charge in [-0.1, -0.05) is 45.4 Å². The van der Waals surface area contributed by atoms with Gasteiger partial charge in [0.05, 0.1) is 17.7 Å². The van der Waals surface area contributed by atoms with E-state index in [1.165, 1.54) is 0 Å². The van der Waals surface area contributed by atoms with E-state index in [0.29, 0.717) is 34.5 Å². The number of Topliss-reactive ketones (excluding diaryl/α,β-unsaturated/α-hetero) is 1. The van der Waals surface area contributed by atoms with Gasteiger partial charge in [-0.15, -0.1) is 0 Å². The summed E-state index contributed by atoms with van der Waals surface area (Å²) in [5, 5.41) is 0.377. The molecule has 10 heteroatoms. The first-order valence-electron chi connectivity index (χ1n) is 16.2. The second-order valence-corrected chi connectivity index (χ2v) is 15.5. The Morgan fingerprint density at radius 1 is 1.04 bits per heavy atom. The predicted molar refractivity (Wildman–Crippen MR) is 179 cm³/mol. The standard InChI is InChI=1S/C36H47ClN4O5/c1-34(2,3)46-32(43)22-44-26-17-24(18-26)40-13-15-41(16-14-40)31-12-9-23(21-39-31)29(42)20-30-35(4,5)33(36(30,6)7)45-25-10-11-28(38-8)27(37)19-25/h9-12,19,21,24,26,30,33H,13-18,20,22H2,1-7H3. The Labute approximate surface area is 278 Å². The first kappa shape index (κ1) is 34.2. The second kappa shape index (κ2) is 13.1. The Balaban J connectivity index is 1.07. The highest BCUT2D eigenvalue weighted by Crippen LogP contribution is 2.61. The van der Waals surface area contributed by atoms with Crippen LogP contribution in [-0.2, 0) is 14.3 Å². The smallest absolute Gasteiger partial charge is 0.332 e. The molecule has 1 aliphatic heterocycles. The molecule has 2 heterocycles. The lowest BCUT2D eigenvalue weighted by molar-refractivity contribution is -0.196. The number of piperazine rings is 1. The molecule has 5 rings (SSSR count). The first-order chi connectivity index (χ1) is 21.6. The number of hydrogen-bond donors (Lipinski definition) is 0. The summed E-state index contributed by atoms with van der Waals surface area (Å²) in [6, 6.07) is 9.51. The predicted octanol–water partition coefficient (Wildman–Crippen LogP) is 7.00.